The molecule has 6 heteroatoms. The van der Waals surface area contributed by atoms with E-state index in [9.17, 15) is 0 Å². The molecule has 1 aromatic carbocycles. The average Bonchev–Trinajstić information content (AvgIpc) is 3.08. The van der Waals surface area contributed by atoms with Crippen molar-refractivity contribution in [2.45, 2.75) is 196 Å². The molecule has 0 aliphatic heterocycles. The quantitative estimate of drug-likeness (QED) is 0.0965. The molecule has 47 heavy (non-hydrogen) atoms. The van der Waals surface area contributed by atoms with Crippen molar-refractivity contribution < 1.29 is 13.2 Å². The first-order valence-corrected chi connectivity index (χ1v) is 35.2. The van der Waals surface area contributed by atoms with Gasteiger partial charge in [-0.25, -0.2) is 0 Å². The third-order valence-corrected chi connectivity index (χ3v) is 45.5. The first-order chi connectivity index (χ1) is 22.7. The number of allylic oxidation sites excluding steroid dienone is 1. The van der Waals surface area contributed by atoms with Gasteiger partial charge in [-0.3, -0.25) is 0 Å². The van der Waals surface area contributed by atoms with Crippen LogP contribution in [0.4, 0.5) is 13.2 Å². The van der Waals surface area contributed by atoms with Gasteiger partial charge in [0.15, 0.2) is 0 Å². The molecule has 1 atom stereocenters. The van der Waals surface area contributed by atoms with E-state index in [2.05, 4.69) is 77.2 Å². The predicted octanol–water partition coefficient (Wildman–Crippen LogP) is 14.4. The monoisotopic (exact) mass is 877 g/mol. The molecule has 1 N–H and O–H groups in total. The molecule has 0 saturated heterocycles. The van der Waals surface area contributed by atoms with E-state index in [0.717, 1.165) is 120 Å². The Labute approximate surface area is 298 Å². The first-order valence-electron chi connectivity index (χ1n) is 20.3. The van der Waals surface area contributed by atoms with Crippen LogP contribution in [-0.2, 0) is 6.54 Å². The van der Waals surface area contributed by atoms with Gasteiger partial charge in [-0.15, -0.1) is 0 Å². The summed E-state index contributed by atoms with van der Waals surface area (Å²) in [6, 6.07) is 10.4. The van der Waals surface area contributed by atoms with Crippen LogP contribution >= 0.6 is 0 Å². The molecular weight excluding hydrogens is 801 g/mol. The number of hydrogen-bond donors (Lipinski definition) is 1. The van der Waals surface area contributed by atoms with E-state index < -0.39 is 42.9 Å². The van der Waals surface area contributed by atoms with Gasteiger partial charge in [-0.05, 0) is 0 Å². The molecule has 1 aliphatic carbocycles. The Hall–Kier alpha value is 0.307. The van der Waals surface area contributed by atoms with Crippen LogP contribution in [0.5, 0.6) is 0 Å². The molecule has 1 aromatic rings. The Kier molecular flexibility index (Phi) is 21.9. The van der Waals surface area contributed by atoms with Crippen molar-refractivity contribution in [2.75, 3.05) is 0 Å². The zero-order valence-electron chi connectivity index (χ0n) is 31.6. The Bertz CT molecular complexity index is 927. The summed E-state index contributed by atoms with van der Waals surface area (Å²) in [6.07, 6.45) is 14.1. The van der Waals surface area contributed by atoms with E-state index in [1.165, 1.54) is 24.8 Å². The normalized spacial score (nSPS) is 16.4. The Balaban J connectivity index is 3.15. The molecule has 0 spiro atoms. The van der Waals surface area contributed by atoms with Crippen molar-refractivity contribution in [1.82, 2.24) is 5.32 Å². The van der Waals surface area contributed by atoms with Gasteiger partial charge in [-0.1, -0.05) is 0 Å². The van der Waals surface area contributed by atoms with Gasteiger partial charge in [0.05, 0.1) is 0 Å². The number of unbranched alkanes of at least 4 members (excludes halogenated alkanes) is 6. The van der Waals surface area contributed by atoms with Gasteiger partial charge in [0, 0.05) is 0 Å². The molecule has 2 rings (SSSR count). The number of benzene rings is 1. The third kappa shape index (κ3) is 13.8. The summed E-state index contributed by atoms with van der Waals surface area (Å²) in [5, 5.41) is 4.06. The summed E-state index contributed by atoms with van der Waals surface area (Å²) in [5.41, 5.74) is 1.20. The zero-order chi connectivity index (χ0) is 34.6. The van der Waals surface area contributed by atoms with Crippen LogP contribution in [0.2, 0.25) is 26.6 Å². The van der Waals surface area contributed by atoms with E-state index in [-0.39, 0.29) is 9.63 Å². The summed E-state index contributed by atoms with van der Waals surface area (Å²) < 4.78 is 57.7. The van der Waals surface area contributed by atoms with E-state index in [0.29, 0.717) is 12.5 Å². The average molecular weight is 875 g/mol. The maximum atomic E-state index is 16.7. The van der Waals surface area contributed by atoms with Gasteiger partial charge in [0.2, 0.25) is 0 Å². The summed E-state index contributed by atoms with van der Waals surface area (Å²) in [4.78, 5) is 0. The Morgan fingerprint density at radius 1 is 0.638 bits per heavy atom. The van der Waals surface area contributed by atoms with E-state index in [1.54, 1.807) is 0 Å². The molecular formula is C41H74F3NSn2. The topological polar surface area (TPSA) is 12.0 Å². The van der Waals surface area contributed by atoms with Crippen LogP contribution in [0.3, 0.4) is 0 Å². The molecule has 272 valence electrons. The second kappa shape index (κ2) is 23.7. The second-order valence-electron chi connectivity index (χ2n) is 15.2. The zero-order valence-corrected chi connectivity index (χ0v) is 37.4. The minimum atomic E-state index is -4.21. The number of halogens is 3. The van der Waals surface area contributed by atoms with Gasteiger partial charge in [0.25, 0.3) is 0 Å². The number of rotatable bonds is 25. The molecule has 0 amide bonds. The summed E-state index contributed by atoms with van der Waals surface area (Å²) in [7, 11) is 0. The third-order valence-electron chi connectivity index (χ3n) is 11.5. The van der Waals surface area contributed by atoms with Crippen LogP contribution < -0.4 is 5.32 Å². The van der Waals surface area contributed by atoms with Crippen LogP contribution in [0.15, 0.2) is 37.5 Å². The van der Waals surface area contributed by atoms with Gasteiger partial charge >= 0.3 is 300 Å². The van der Waals surface area contributed by atoms with Crippen molar-refractivity contribution in [2.24, 2.45) is 5.92 Å². The van der Waals surface area contributed by atoms with Crippen molar-refractivity contribution in [3.05, 3.63) is 43.1 Å². The van der Waals surface area contributed by atoms with Crippen LogP contribution in [0.1, 0.15) is 156 Å². The van der Waals surface area contributed by atoms with Gasteiger partial charge in [0.1, 0.15) is 0 Å². The van der Waals surface area contributed by atoms with Crippen molar-refractivity contribution in [1.29, 1.82) is 0 Å². The van der Waals surface area contributed by atoms with Crippen molar-refractivity contribution >= 4 is 36.8 Å². The molecule has 0 aromatic heterocycles. The molecule has 1 unspecified atom stereocenters. The van der Waals surface area contributed by atoms with Crippen LogP contribution in [0, 0.1) is 5.92 Å². The van der Waals surface area contributed by atoms with Gasteiger partial charge in [-0.2, -0.15) is 0 Å². The SMILES string of the molecule is CCC[CH2][Sn]([CH2]CCC)([CH2]CCC)/[C](=[C](/C(F)(F)F)[Sn]([CH2]CCC)([CH2]CCC)[CH2]CCC)C(NCc1ccccc1)C1CCCCC1. The molecule has 0 heterocycles. The fraction of sp³-hybridized carbons (Fsp3) is 0.805. The van der Waals surface area contributed by atoms with Crippen LogP contribution in [-0.4, -0.2) is 49.0 Å². The summed E-state index contributed by atoms with van der Waals surface area (Å²) >= 11 is -7.58. The fourth-order valence-electron chi connectivity index (χ4n) is 8.91. The fourth-order valence-corrected chi connectivity index (χ4v) is 54.0. The molecule has 0 bridgehead atoms. The molecule has 1 nitrogen and oxygen atoms in total. The summed E-state index contributed by atoms with van der Waals surface area (Å²) in [5.74, 6) is 0.327. The van der Waals surface area contributed by atoms with E-state index in [4.69, 9.17) is 0 Å². The van der Waals surface area contributed by atoms with Crippen molar-refractivity contribution in [3.8, 4) is 0 Å². The van der Waals surface area contributed by atoms with E-state index in [1.807, 2.05) is 0 Å². The molecule has 1 aliphatic rings. The van der Waals surface area contributed by atoms with E-state index >= 15 is 13.2 Å². The summed E-state index contributed by atoms with van der Waals surface area (Å²) in [6.45, 7) is 14.1. The minimum absolute atomic E-state index is 0.102. The number of alkyl halides is 3. The second-order valence-corrected chi connectivity index (χ2v) is 41.4. The molecule has 1 saturated carbocycles. The standard InChI is InChI=1S/C17H20F3N.6C4H9.2Sn/c18-17(19,20)12-11-16(15-9-5-2-6-10-15)21-13-14-7-3-1-4-8-14;6*1-3-4-2;;/h1,3-4,7-8,15-16,21H,2,5-6,9-10,13H2;6*1,3-4H2,2H3;;. The Morgan fingerprint density at radius 3 is 1.43 bits per heavy atom. The molecule has 1 fully saturated rings. The first kappa shape index (κ1) is 43.5. The maximum absolute atomic E-state index is 16.7. The Morgan fingerprint density at radius 2 is 1.04 bits per heavy atom. The van der Waals surface area contributed by atoms with Crippen LogP contribution in [0.25, 0.3) is 0 Å². The predicted molar refractivity (Wildman–Crippen MR) is 207 cm³/mol. The molecule has 0 radical (unpaired) electrons. The van der Waals surface area contributed by atoms with Crippen molar-refractivity contribution in [3.63, 3.8) is 0 Å². The number of hydrogen-bond acceptors (Lipinski definition) is 1. The van der Waals surface area contributed by atoms with Gasteiger partial charge < -0.3 is 0 Å². The number of nitrogens with one attached hydrogen (secondary N) is 1.